The fraction of sp³-hybridized carbons (Fsp3) is 0. The van der Waals surface area contributed by atoms with Crippen LogP contribution in [-0.2, 0) is 0 Å². The van der Waals surface area contributed by atoms with E-state index >= 15 is 0 Å². The third-order valence-corrected chi connectivity index (χ3v) is 2.89. The molecule has 0 fully saturated rings. The Bertz CT molecular complexity index is 752. The summed E-state index contributed by atoms with van der Waals surface area (Å²) >= 11 is 5.78. The number of nitrogens with zero attached hydrogens (tertiary/aromatic N) is 1. The molecule has 0 aliphatic carbocycles. The number of carbonyl (C=O) groups is 1. The maximum absolute atomic E-state index is 12.0. The topological polar surface area (TPSA) is 55.0 Å². The number of hydrogen-bond donors (Lipinski definition) is 1. The van der Waals surface area contributed by atoms with Crippen LogP contribution in [0.5, 0.6) is 5.75 Å². The van der Waals surface area contributed by atoms with Gasteiger partial charge in [0, 0.05) is 29.4 Å². The molecule has 2 heterocycles. The first-order valence-corrected chi connectivity index (χ1v) is 6.00. The maximum atomic E-state index is 12.0. The van der Waals surface area contributed by atoms with Gasteiger partial charge in [0.25, 0.3) is 0 Å². The van der Waals surface area contributed by atoms with E-state index in [1.807, 2.05) is 18.3 Å². The third-order valence-electron chi connectivity index (χ3n) is 2.68. The Labute approximate surface area is 114 Å². The standard InChI is InChI=1S/C14H9ClN2O2/c15-11-6-12(8-16-7-11)19-14(18)10-1-2-13-9(5-10)3-4-17-13/h1-8,17H. The number of rotatable bonds is 2. The Morgan fingerprint density at radius 2 is 2.11 bits per heavy atom. The van der Waals surface area contributed by atoms with E-state index in [1.54, 1.807) is 18.2 Å². The molecule has 0 saturated carbocycles. The first-order valence-electron chi connectivity index (χ1n) is 5.62. The molecule has 0 atom stereocenters. The fourth-order valence-electron chi connectivity index (χ4n) is 1.79. The van der Waals surface area contributed by atoms with E-state index in [0.717, 1.165) is 10.9 Å². The molecule has 0 bridgehead atoms. The predicted molar refractivity (Wildman–Crippen MR) is 72.5 cm³/mol. The number of aromatic amines is 1. The van der Waals surface area contributed by atoms with E-state index in [4.69, 9.17) is 16.3 Å². The van der Waals surface area contributed by atoms with Crippen molar-refractivity contribution >= 4 is 28.5 Å². The molecule has 0 spiro atoms. The summed E-state index contributed by atoms with van der Waals surface area (Å²) in [6.07, 6.45) is 4.74. The molecule has 0 aliphatic heterocycles. The number of benzene rings is 1. The second kappa shape index (κ2) is 4.74. The largest absolute Gasteiger partial charge is 0.421 e. The van der Waals surface area contributed by atoms with Crippen LogP contribution in [0.4, 0.5) is 0 Å². The van der Waals surface area contributed by atoms with Crippen LogP contribution in [-0.4, -0.2) is 15.9 Å². The van der Waals surface area contributed by atoms with Gasteiger partial charge < -0.3 is 9.72 Å². The second-order valence-corrected chi connectivity index (χ2v) is 4.44. The van der Waals surface area contributed by atoms with Crippen LogP contribution in [0.15, 0.2) is 48.9 Å². The van der Waals surface area contributed by atoms with Gasteiger partial charge in [-0.2, -0.15) is 0 Å². The van der Waals surface area contributed by atoms with E-state index in [9.17, 15) is 4.79 Å². The second-order valence-electron chi connectivity index (χ2n) is 4.01. The van der Waals surface area contributed by atoms with Crippen molar-refractivity contribution in [2.45, 2.75) is 0 Å². The minimum atomic E-state index is -0.438. The monoisotopic (exact) mass is 272 g/mol. The zero-order chi connectivity index (χ0) is 13.2. The number of aromatic nitrogens is 2. The van der Waals surface area contributed by atoms with Crippen molar-refractivity contribution in [2.24, 2.45) is 0 Å². The van der Waals surface area contributed by atoms with Crippen molar-refractivity contribution in [1.29, 1.82) is 0 Å². The summed E-state index contributed by atoms with van der Waals surface area (Å²) in [6.45, 7) is 0. The zero-order valence-electron chi connectivity index (χ0n) is 9.76. The van der Waals surface area contributed by atoms with Crippen molar-refractivity contribution in [2.75, 3.05) is 0 Å². The highest BCUT2D eigenvalue weighted by molar-refractivity contribution is 6.30. The molecule has 0 amide bonds. The van der Waals surface area contributed by atoms with Gasteiger partial charge in [-0.05, 0) is 24.3 Å². The molecule has 3 aromatic rings. The molecule has 0 unspecified atom stereocenters. The Balaban J connectivity index is 1.87. The lowest BCUT2D eigenvalue weighted by Gasteiger charge is -2.04. The van der Waals surface area contributed by atoms with E-state index in [-0.39, 0.29) is 0 Å². The minimum absolute atomic E-state index is 0.326. The van der Waals surface area contributed by atoms with Crippen LogP contribution >= 0.6 is 11.6 Å². The Morgan fingerprint density at radius 3 is 2.95 bits per heavy atom. The molecule has 2 aromatic heterocycles. The van der Waals surface area contributed by atoms with Gasteiger partial charge in [0.2, 0.25) is 0 Å². The number of H-pyrrole nitrogens is 1. The van der Waals surface area contributed by atoms with Gasteiger partial charge >= 0.3 is 5.97 Å². The van der Waals surface area contributed by atoms with Crippen molar-refractivity contribution in [3.63, 3.8) is 0 Å². The number of ether oxygens (including phenoxy) is 1. The van der Waals surface area contributed by atoms with E-state index in [2.05, 4.69) is 9.97 Å². The quantitative estimate of drug-likeness (QED) is 0.727. The summed E-state index contributed by atoms with van der Waals surface area (Å²) in [7, 11) is 0. The summed E-state index contributed by atoms with van der Waals surface area (Å²) in [6, 6.07) is 8.75. The van der Waals surface area contributed by atoms with Gasteiger partial charge in [-0.25, -0.2) is 4.79 Å². The number of esters is 1. The summed E-state index contributed by atoms with van der Waals surface area (Å²) < 4.78 is 5.21. The van der Waals surface area contributed by atoms with Crippen molar-refractivity contribution in [1.82, 2.24) is 9.97 Å². The highest BCUT2D eigenvalue weighted by Gasteiger charge is 2.10. The Kier molecular flexibility index (Phi) is 2.93. The van der Waals surface area contributed by atoms with Gasteiger partial charge in [-0.15, -0.1) is 0 Å². The summed E-state index contributed by atoms with van der Waals surface area (Å²) in [4.78, 5) is 18.9. The maximum Gasteiger partial charge on any atom is 0.343 e. The Morgan fingerprint density at radius 1 is 1.21 bits per heavy atom. The molecule has 94 valence electrons. The number of fused-ring (bicyclic) bond motifs is 1. The summed E-state index contributed by atoms with van der Waals surface area (Å²) in [5.74, 6) is -0.112. The lowest BCUT2D eigenvalue weighted by atomic mass is 10.1. The average molecular weight is 273 g/mol. The molecule has 1 N–H and O–H groups in total. The first kappa shape index (κ1) is 11.7. The van der Waals surface area contributed by atoms with Crippen LogP contribution in [0.2, 0.25) is 5.02 Å². The normalized spacial score (nSPS) is 10.6. The van der Waals surface area contributed by atoms with E-state index in [1.165, 1.54) is 12.4 Å². The zero-order valence-corrected chi connectivity index (χ0v) is 10.5. The molecule has 4 nitrogen and oxygen atoms in total. The molecule has 5 heteroatoms. The van der Waals surface area contributed by atoms with Crippen LogP contribution in [0.3, 0.4) is 0 Å². The first-order chi connectivity index (χ1) is 9.22. The highest BCUT2D eigenvalue weighted by atomic mass is 35.5. The van der Waals surface area contributed by atoms with Crippen LogP contribution in [0.1, 0.15) is 10.4 Å². The molecular formula is C14H9ClN2O2. The van der Waals surface area contributed by atoms with Crippen molar-refractivity contribution in [3.05, 3.63) is 59.5 Å². The fourth-order valence-corrected chi connectivity index (χ4v) is 1.96. The molecule has 19 heavy (non-hydrogen) atoms. The molecule has 0 saturated heterocycles. The minimum Gasteiger partial charge on any atom is -0.421 e. The summed E-state index contributed by atoms with van der Waals surface area (Å²) in [5.41, 5.74) is 1.45. The number of hydrogen-bond acceptors (Lipinski definition) is 3. The average Bonchev–Trinajstić information content (AvgIpc) is 2.85. The van der Waals surface area contributed by atoms with Gasteiger partial charge in [-0.1, -0.05) is 11.6 Å². The predicted octanol–water partition coefficient (Wildman–Crippen LogP) is 3.44. The molecule has 1 aromatic carbocycles. The SMILES string of the molecule is O=C(Oc1cncc(Cl)c1)c1ccc2[nH]ccc2c1. The van der Waals surface area contributed by atoms with Crippen molar-refractivity contribution in [3.8, 4) is 5.75 Å². The van der Waals surface area contributed by atoms with Crippen LogP contribution in [0.25, 0.3) is 10.9 Å². The highest BCUT2D eigenvalue weighted by Crippen LogP contribution is 2.18. The summed E-state index contributed by atoms with van der Waals surface area (Å²) in [5, 5.41) is 1.38. The van der Waals surface area contributed by atoms with Crippen molar-refractivity contribution < 1.29 is 9.53 Å². The van der Waals surface area contributed by atoms with Gasteiger partial charge in [0.1, 0.15) is 0 Å². The number of nitrogens with one attached hydrogen (secondary N) is 1. The van der Waals surface area contributed by atoms with Gasteiger partial charge in [-0.3, -0.25) is 4.98 Å². The van der Waals surface area contributed by atoms with Gasteiger partial charge in [0.15, 0.2) is 5.75 Å². The Hall–Kier alpha value is -2.33. The lowest BCUT2D eigenvalue weighted by molar-refractivity contribution is 0.0734. The van der Waals surface area contributed by atoms with Crippen LogP contribution < -0.4 is 4.74 Å². The molecule has 0 aliphatic rings. The molecular weight excluding hydrogens is 264 g/mol. The molecule has 3 rings (SSSR count). The number of halogens is 1. The molecule has 0 radical (unpaired) electrons. The number of pyridine rings is 1. The lowest BCUT2D eigenvalue weighted by Crippen LogP contribution is -2.08. The smallest absolute Gasteiger partial charge is 0.343 e. The van der Waals surface area contributed by atoms with E-state index in [0.29, 0.717) is 16.3 Å². The van der Waals surface area contributed by atoms with Crippen LogP contribution in [0, 0.1) is 0 Å². The van der Waals surface area contributed by atoms with E-state index < -0.39 is 5.97 Å². The van der Waals surface area contributed by atoms with Gasteiger partial charge in [0.05, 0.1) is 16.8 Å². The third kappa shape index (κ3) is 2.44. The number of carbonyl (C=O) groups excluding carboxylic acids is 1.